The summed E-state index contributed by atoms with van der Waals surface area (Å²) in [5.74, 6) is 2.34. The zero-order valence-electron chi connectivity index (χ0n) is 19.1. The second-order valence-electron chi connectivity index (χ2n) is 8.47. The molecule has 5 rings (SSSR count). The molecule has 34 heavy (non-hydrogen) atoms. The van der Waals surface area contributed by atoms with Crippen LogP contribution in [0.2, 0.25) is 0 Å². The van der Waals surface area contributed by atoms with E-state index >= 15 is 0 Å². The highest BCUT2D eigenvalue weighted by Gasteiger charge is 2.20. The number of hydrogen-bond acceptors (Lipinski definition) is 7. The van der Waals surface area contributed by atoms with Crippen LogP contribution in [0.4, 0.5) is 11.6 Å². The smallest absolute Gasteiger partial charge is 0.251 e. The monoisotopic (exact) mass is 453 g/mol. The number of benzene rings is 1. The van der Waals surface area contributed by atoms with Gasteiger partial charge in [-0.2, -0.15) is 0 Å². The fourth-order valence-electron chi connectivity index (χ4n) is 3.93. The molecule has 8 heteroatoms. The first-order chi connectivity index (χ1) is 16.7. The quantitative estimate of drug-likeness (QED) is 0.353. The molecule has 1 aromatic carbocycles. The highest BCUT2D eigenvalue weighted by atomic mass is 16.1. The fraction of sp³-hybridized carbons (Fsp3) is 0.269. The van der Waals surface area contributed by atoms with Crippen LogP contribution in [0.3, 0.4) is 0 Å². The van der Waals surface area contributed by atoms with Crippen molar-refractivity contribution in [1.82, 2.24) is 25.3 Å². The van der Waals surface area contributed by atoms with Crippen LogP contribution in [-0.2, 0) is 6.42 Å². The summed E-state index contributed by atoms with van der Waals surface area (Å²) >= 11 is 0. The Kier molecular flexibility index (Phi) is 6.29. The standard InChI is InChI=1S/C26H27N7O/c1-27-26(34)21-10-12-29-25-18(3-2-4-20(21)25)9-11-28-24-13-22(32-16-33-24)19-7-8-23(31-15-19)30-14-17-5-6-17/h2-4,7-8,10,12-13,15-17H,5-6,9,11,14H2,1H3,(H,27,34)(H,30,31)(H,28,32,33). The number of anilines is 2. The topological polar surface area (TPSA) is 105 Å². The van der Waals surface area contributed by atoms with E-state index in [1.807, 2.05) is 42.6 Å². The number of rotatable bonds is 9. The molecule has 0 spiro atoms. The molecule has 1 fully saturated rings. The van der Waals surface area contributed by atoms with E-state index in [0.717, 1.165) is 58.2 Å². The SMILES string of the molecule is CNC(=O)c1ccnc2c(CCNc3cc(-c4ccc(NCC5CC5)nc4)ncn3)cccc12. The van der Waals surface area contributed by atoms with Gasteiger partial charge >= 0.3 is 0 Å². The van der Waals surface area contributed by atoms with Crippen LogP contribution in [0.5, 0.6) is 0 Å². The molecular formula is C26H27N7O. The van der Waals surface area contributed by atoms with Crippen molar-refractivity contribution < 1.29 is 4.79 Å². The number of carbonyl (C=O) groups excluding carboxylic acids is 1. The minimum absolute atomic E-state index is 0.114. The van der Waals surface area contributed by atoms with Gasteiger partial charge in [-0.1, -0.05) is 18.2 Å². The van der Waals surface area contributed by atoms with Crippen LogP contribution in [0.25, 0.3) is 22.2 Å². The highest BCUT2D eigenvalue weighted by molar-refractivity contribution is 6.06. The normalized spacial score (nSPS) is 13.0. The van der Waals surface area contributed by atoms with E-state index < -0.39 is 0 Å². The van der Waals surface area contributed by atoms with Crippen LogP contribution < -0.4 is 16.0 Å². The molecular weight excluding hydrogens is 426 g/mol. The highest BCUT2D eigenvalue weighted by Crippen LogP contribution is 2.29. The molecule has 1 aliphatic carbocycles. The summed E-state index contributed by atoms with van der Waals surface area (Å²) in [6, 6.07) is 13.6. The Morgan fingerprint density at radius 1 is 1.00 bits per heavy atom. The lowest BCUT2D eigenvalue weighted by molar-refractivity contribution is 0.0964. The predicted molar refractivity (Wildman–Crippen MR) is 134 cm³/mol. The largest absolute Gasteiger partial charge is 0.370 e. The summed E-state index contributed by atoms with van der Waals surface area (Å²) in [5.41, 5.74) is 4.31. The summed E-state index contributed by atoms with van der Waals surface area (Å²) < 4.78 is 0. The molecule has 3 aromatic heterocycles. The number of para-hydroxylation sites is 1. The van der Waals surface area contributed by atoms with Crippen molar-refractivity contribution >= 4 is 28.4 Å². The van der Waals surface area contributed by atoms with Crippen molar-refractivity contribution in [2.75, 3.05) is 30.8 Å². The third-order valence-corrected chi connectivity index (χ3v) is 6.02. The van der Waals surface area contributed by atoms with Crippen LogP contribution in [0, 0.1) is 5.92 Å². The second kappa shape index (κ2) is 9.82. The predicted octanol–water partition coefficient (Wildman–Crippen LogP) is 3.92. The van der Waals surface area contributed by atoms with Crippen LogP contribution in [-0.4, -0.2) is 46.0 Å². The summed E-state index contributed by atoms with van der Waals surface area (Å²) in [6.45, 7) is 1.66. The van der Waals surface area contributed by atoms with Gasteiger partial charge in [0.15, 0.2) is 0 Å². The van der Waals surface area contributed by atoms with Gasteiger partial charge in [0.1, 0.15) is 18.0 Å². The number of pyridine rings is 2. The molecule has 0 saturated heterocycles. The van der Waals surface area contributed by atoms with Crippen LogP contribution >= 0.6 is 0 Å². The first kappa shape index (κ1) is 21.8. The summed E-state index contributed by atoms with van der Waals surface area (Å²) in [6.07, 6.45) is 8.45. The molecule has 3 heterocycles. The van der Waals surface area contributed by atoms with E-state index in [0.29, 0.717) is 12.1 Å². The Hall–Kier alpha value is -4.07. The van der Waals surface area contributed by atoms with E-state index in [-0.39, 0.29) is 5.91 Å². The Labute approximate surface area is 198 Å². The molecule has 0 aliphatic heterocycles. The van der Waals surface area contributed by atoms with E-state index in [1.54, 1.807) is 25.6 Å². The molecule has 1 aliphatic rings. The van der Waals surface area contributed by atoms with Gasteiger partial charge < -0.3 is 16.0 Å². The maximum atomic E-state index is 12.2. The second-order valence-corrected chi connectivity index (χ2v) is 8.47. The van der Waals surface area contributed by atoms with Gasteiger partial charge in [-0.05, 0) is 48.9 Å². The van der Waals surface area contributed by atoms with Crippen molar-refractivity contribution in [3.05, 3.63) is 72.3 Å². The van der Waals surface area contributed by atoms with E-state index in [9.17, 15) is 4.79 Å². The number of amides is 1. The molecule has 8 nitrogen and oxygen atoms in total. The molecule has 172 valence electrons. The Bertz CT molecular complexity index is 1300. The third kappa shape index (κ3) is 4.96. The molecule has 3 N–H and O–H groups in total. The Balaban J connectivity index is 1.24. The van der Waals surface area contributed by atoms with Crippen molar-refractivity contribution in [1.29, 1.82) is 0 Å². The number of aromatic nitrogens is 4. The van der Waals surface area contributed by atoms with Gasteiger partial charge in [-0.15, -0.1) is 0 Å². The molecule has 1 saturated carbocycles. The molecule has 1 amide bonds. The van der Waals surface area contributed by atoms with Crippen molar-refractivity contribution in [3.8, 4) is 11.3 Å². The Morgan fingerprint density at radius 3 is 2.71 bits per heavy atom. The lowest BCUT2D eigenvalue weighted by Gasteiger charge is -2.10. The van der Waals surface area contributed by atoms with Crippen molar-refractivity contribution in [3.63, 3.8) is 0 Å². The maximum Gasteiger partial charge on any atom is 0.251 e. The summed E-state index contributed by atoms with van der Waals surface area (Å²) in [4.78, 5) is 30.0. The first-order valence-corrected chi connectivity index (χ1v) is 11.6. The van der Waals surface area contributed by atoms with Gasteiger partial charge in [0, 0.05) is 49.5 Å². The molecule has 4 aromatic rings. The first-order valence-electron chi connectivity index (χ1n) is 11.6. The minimum Gasteiger partial charge on any atom is -0.370 e. The average molecular weight is 454 g/mol. The van der Waals surface area contributed by atoms with Crippen molar-refractivity contribution in [2.45, 2.75) is 19.3 Å². The minimum atomic E-state index is -0.114. The lowest BCUT2D eigenvalue weighted by Crippen LogP contribution is -2.18. The Morgan fingerprint density at radius 2 is 1.91 bits per heavy atom. The summed E-state index contributed by atoms with van der Waals surface area (Å²) in [5, 5.41) is 10.3. The van der Waals surface area contributed by atoms with Crippen LogP contribution in [0.1, 0.15) is 28.8 Å². The van der Waals surface area contributed by atoms with E-state index in [1.165, 1.54) is 12.8 Å². The lowest BCUT2D eigenvalue weighted by atomic mass is 10.0. The fourth-order valence-corrected chi connectivity index (χ4v) is 3.93. The molecule has 0 radical (unpaired) electrons. The maximum absolute atomic E-state index is 12.2. The number of nitrogens with one attached hydrogen (secondary N) is 3. The van der Waals surface area contributed by atoms with Gasteiger partial charge in [0.2, 0.25) is 0 Å². The van der Waals surface area contributed by atoms with Gasteiger partial charge in [0.25, 0.3) is 5.91 Å². The number of carbonyl (C=O) groups is 1. The number of fused-ring (bicyclic) bond motifs is 1. The molecule has 0 atom stereocenters. The van der Waals surface area contributed by atoms with Crippen molar-refractivity contribution in [2.24, 2.45) is 5.92 Å². The van der Waals surface area contributed by atoms with Gasteiger partial charge in [-0.25, -0.2) is 15.0 Å². The van der Waals surface area contributed by atoms with E-state index in [2.05, 4.69) is 35.9 Å². The third-order valence-electron chi connectivity index (χ3n) is 6.02. The summed E-state index contributed by atoms with van der Waals surface area (Å²) in [7, 11) is 1.63. The van der Waals surface area contributed by atoms with Gasteiger partial charge in [0.05, 0.1) is 16.8 Å². The molecule has 0 bridgehead atoms. The van der Waals surface area contributed by atoms with Gasteiger partial charge in [-0.3, -0.25) is 9.78 Å². The number of nitrogens with zero attached hydrogens (tertiary/aromatic N) is 4. The number of hydrogen-bond donors (Lipinski definition) is 3. The average Bonchev–Trinajstić information content (AvgIpc) is 3.72. The molecule has 0 unspecified atom stereocenters. The van der Waals surface area contributed by atoms with E-state index in [4.69, 9.17) is 0 Å². The zero-order chi connectivity index (χ0) is 23.3. The zero-order valence-corrected chi connectivity index (χ0v) is 19.1. The van der Waals surface area contributed by atoms with Crippen LogP contribution in [0.15, 0.2) is 61.2 Å².